The molecule has 0 spiro atoms. The molecule has 0 aromatic heterocycles. The molecule has 0 aromatic rings. The topological polar surface area (TPSA) is 83.8 Å². The lowest BCUT2D eigenvalue weighted by atomic mass is 10.8. The Bertz CT molecular complexity index is 159. The fourth-order valence-corrected chi connectivity index (χ4v) is 0.755. The highest BCUT2D eigenvalue weighted by molar-refractivity contribution is 7.52. The van der Waals surface area contributed by atoms with Crippen molar-refractivity contribution in [2.24, 2.45) is 0 Å². The molecule has 2 N–H and O–H groups in total. The van der Waals surface area contributed by atoms with Gasteiger partial charge in [-0.05, 0) is 6.92 Å². The van der Waals surface area contributed by atoms with Gasteiger partial charge in [-0.25, -0.2) is 0 Å². The summed E-state index contributed by atoms with van der Waals surface area (Å²) in [4.78, 5) is 26.7. The van der Waals surface area contributed by atoms with E-state index in [1.54, 1.807) is 0 Å². The van der Waals surface area contributed by atoms with Gasteiger partial charge in [-0.1, -0.05) is 0 Å². The molecule has 0 aliphatic heterocycles. The van der Waals surface area contributed by atoms with Crippen LogP contribution in [-0.4, -0.2) is 28.5 Å². The molecule has 0 atom stereocenters. The van der Waals surface area contributed by atoms with Gasteiger partial charge in [-0.2, -0.15) is 0 Å². The molecule has 0 aliphatic carbocycles. The summed E-state index contributed by atoms with van der Waals surface area (Å²) in [5, 5.41) is 0. The number of hydrogen-bond donors (Lipinski definition) is 2. The van der Waals surface area contributed by atoms with Crippen LogP contribution in [0, 0.1) is 6.92 Å². The van der Waals surface area contributed by atoms with E-state index in [-0.39, 0.29) is 6.61 Å². The van der Waals surface area contributed by atoms with Gasteiger partial charge in [0.1, 0.15) is 6.16 Å². The zero-order valence-electron chi connectivity index (χ0n) is 5.19. The van der Waals surface area contributed by atoms with E-state index in [2.05, 4.69) is 11.7 Å². The molecule has 10 heavy (non-hydrogen) atoms. The molecule has 1 radical (unpaired) electrons. The third-order valence-electron chi connectivity index (χ3n) is 0.598. The monoisotopic (exact) mass is 167 g/mol. The fourth-order valence-electron chi connectivity index (χ4n) is 0.328. The Hall–Kier alpha value is -0.380. The van der Waals surface area contributed by atoms with Crippen LogP contribution in [0.5, 0.6) is 0 Å². The Morgan fingerprint density at radius 3 is 2.40 bits per heavy atom. The number of rotatable bonds is 3. The zero-order valence-corrected chi connectivity index (χ0v) is 6.08. The normalized spacial score (nSPS) is 11.1. The first-order valence-electron chi connectivity index (χ1n) is 2.45. The average molecular weight is 167 g/mol. The van der Waals surface area contributed by atoms with Crippen LogP contribution < -0.4 is 0 Å². The molecule has 0 saturated heterocycles. The minimum absolute atomic E-state index is 0.112. The van der Waals surface area contributed by atoms with E-state index in [9.17, 15) is 9.36 Å². The molecule has 59 valence electrons. The highest BCUT2D eigenvalue weighted by atomic mass is 31.2. The van der Waals surface area contributed by atoms with Crippen LogP contribution in [0.1, 0.15) is 0 Å². The van der Waals surface area contributed by atoms with E-state index < -0.39 is 19.7 Å². The highest BCUT2D eigenvalue weighted by Crippen LogP contribution is 2.33. The van der Waals surface area contributed by atoms with Gasteiger partial charge in [0.05, 0.1) is 6.61 Å². The van der Waals surface area contributed by atoms with Crippen LogP contribution in [0.15, 0.2) is 0 Å². The minimum atomic E-state index is -4.25. The summed E-state index contributed by atoms with van der Waals surface area (Å²) in [5.74, 6) is -0.927. The first-order chi connectivity index (χ1) is 4.45. The van der Waals surface area contributed by atoms with E-state index in [1.165, 1.54) is 0 Å². The first kappa shape index (κ1) is 9.62. The van der Waals surface area contributed by atoms with Crippen LogP contribution in [0.4, 0.5) is 0 Å². The second kappa shape index (κ2) is 3.71. The smallest absolute Gasteiger partial charge is 0.336 e. The van der Waals surface area contributed by atoms with Crippen molar-refractivity contribution in [3.05, 3.63) is 6.92 Å². The van der Waals surface area contributed by atoms with E-state index in [1.807, 2.05) is 0 Å². The predicted molar refractivity (Wildman–Crippen MR) is 33.2 cm³/mol. The maximum atomic E-state index is 10.3. The second-order valence-corrected chi connectivity index (χ2v) is 3.19. The zero-order chi connectivity index (χ0) is 8.20. The van der Waals surface area contributed by atoms with Crippen molar-refractivity contribution < 1.29 is 23.9 Å². The first-order valence-corrected chi connectivity index (χ1v) is 4.25. The van der Waals surface area contributed by atoms with Gasteiger partial charge in [0.15, 0.2) is 0 Å². The lowest BCUT2D eigenvalue weighted by Gasteiger charge is -2.01. The molecule has 6 heteroatoms. The van der Waals surface area contributed by atoms with Gasteiger partial charge < -0.3 is 14.5 Å². The molecule has 0 fully saturated rings. The summed E-state index contributed by atoms with van der Waals surface area (Å²) in [6.45, 7) is 3.05. The van der Waals surface area contributed by atoms with E-state index in [4.69, 9.17) is 9.79 Å². The number of carbonyl (C=O) groups is 1. The maximum Gasteiger partial charge on any atom is 0.336 e. The van der Waals surface area contributed by atoms with Gasteiger partial charge in [0.2, 0.25) is 0 Å². The van der Waals surface area contributed by atoms with Crippen molar-refractivity contribution >= 4 is 13.6 Å². The third kappa shape index (κ3) is 5.75. The Balaban J connectivity index is 3.70. The lowest BCUT2D eigenvalue weighted by molar-refractivity contribution is -0.139. The van der Waals surface area contributed by atoms with Gasteiger partial charge >= 0.3 is 13.6 Å². The Morgan fingerprint density at radius 1 is 1.60 bits per heavy atom. The lowest BCUT2D eigenvalue weighted by Crippen LogP contribution is -2.09. The van der Waals surface area contributed by atoms with E-state index in [0.29, 0.717) is 0 Å². The third-order valence-corrected chi connectivity index (χ3v) is 1.27. The van der Waals surface area contributed by atoms with Crippen molar-refractivity contribution in [1.82, 2.24) is 0 Å². The number of carbonyl (C=O) groups excluding carboxylic acids is 1. The molecule has 0 aliphatic rings. The Morgan fingerprint density at radius 2 is 2.10 bits per heavy atom. The van der Waals surface area contributed by atoms with Gasteiger partial charge in [-0.3, -0.25) is 9.36 Å². The second-order valence-electron chi connectivity index (χ2n) is 1.54. The van der Waals surface area contributed by atoms with E-state index >= 15 is 0 Å². The Kier molecular flexibility index (Phi) is 3.57. The van der Waals surface area contributed by atoms with Crippen LogP contribution in [0.2, 0.25) is 0 Å². The van der Waals surface area contributed by atoms with Crippen molar-refractivity contribution in [3.63, 3.8) is 0 Å². The predicted octanol–water partition coefficient (Wildman–Crippen LogP) is -0.459. The summed E-state index contributed by atoms with van der Waals surface area (Å²) < 4.78 is 14.3. The molecular formula is C4H8O5P. The van der Waals surface area contributed by atoms with Gasteiger partial charge in [-0.15, -0.1) is 0 Å². The van der Waals surface area contributed by atoms with Crippen LogP contribution in [-0.2, 0) is 14.1 Å². The summed E-state index contributed by atoms with van der Waals surface area (Å²) in [5.41, 5.74) is 0. The number of esters is 1. The summed E-state index contributed by atoms with van der Waals surface area (Å²) in [7, 11) is -4.25. The average Bonchev–Trinajstić information content (AvgIpc) is 1.59. The minimum Gasteiger partial charge on any atom is -0.465 e. The van der Waals surface area contributed by atoms with Crippen molar-refractivity contribution in [2.75, 3.05) is 12.8 Å². The number of ether oxygens (including phenoxy) is 1. The fraction of sp³-hybridized carbons (Fsp3) is 0.500. The van der Waals surface area contributed by atoms with Crippen LogP contribution in [0.25, 0.3) is 0 Å². The van der Waals surface area contributed by atoms with Crippen molar-refractivity contribution in [2.45, 2.75) is 0 Å². The molecule has 0 heterocycles. The molecule has 0 saturated carbocycles. The molecule has 0 unspecified atom stereocenters. The highest BCUT2D eigenvalue weighted by Gasteiger charge is 2.19. The van der Waals surface area contributed by atoms with E-state index in [0.717, 1.165) is 0 Å². The van der Waals surface area contributed by atoms with Crippen molar-refractivity contribution in [1.29, 1.82) is 0 Å². The molecule has 0 aromatic carbocycles. The van der Waals surface area contributed by atoms with Gasteiger partial charge in [0, 0.05) is 0 Å². The van der Waals surface area contributed by atoms with Gasteiger partial charge in [0.25, 0.3) is 0 Å². The Labute approximate surface area is 58.2 Å². The quantitative estimate of drug-likeness (QED) is 0.439. The van der Waals surface area contributed by atoms with Crippen LogP contribution >= 0.6 is 7.60 Å². The molecular weight excluding hydrogens is 159 g/mol. The standard InChI is InChI=1S/C4H8O5P/c1-2-9-4(5)3-10(6,7)8/h1-3H2,(H2,6,7,8). The summed E-state index contributed by atoms with van der Waals surface area (Å²) in [6.07, 6.45) is -0.872. The van der Waals surface area contributed by atoms with Crippen LogP contribution in [0.3, 0.4) is 0 Å². The SMILES string of the molecule is [CH2]COC(=O)CP(=O)(O)O. The maximum absolute atomic E-state index is 10.3. The summed E-state index contributed by atoms with van der Waals surface area (Å²) >= 11 is 0. The summed E-state index contributed by atoms with van der Waals surface area (Å²) in [6, 6.07) is 0. The molecule has 5 nitrogen and oxygen atoms in total. The molecule has 0 rings (SSSR count). The number of hydrogen-bond acceptors (Lipinski definition) is 3. The molecule has 0 bridgehead atoms. The van der Waals surface area contributed by atoms with Crippen molar-refractivity contribution in [3.8, 4) is 0 Å². The largest absolute Gasteiger partial charge is 0.465 e. The molecule has 0 amide bonds.